The molecular formula is C14H19N3O2S. The van der Waals surface area contributed by atoms with Crippen molar-refractivity contribution < 1.29 is 9.59 Å². The fraction of sp³-hybridized carbons (Fsp3) is 0.643. The number of aryl methyl sites for hydroxylation is 2. The number of aromatic nitrogens is 1. The summed E-state index contributed by atoms with van der Waals surface area (Å²) >= 11 is 1.61. The van der Waals surface area contributed by atoms with Crippen LogP contribution in [0.2, 0.25) is 0 Å². The van der Waals surface area contributed by atoms with Gasteiger partial charge in [-0.15, -0.1) is 11.3 Å². The first kappa shape index (κ1) is 13.5. The second kappa shape index (κ2) is 4.84. The van der Waals surface area contributed by atoms with Crippen LogP contribution < -0.4 is 5.32 Å². The number of carbonyl (C=O) groups excluding carboxylic acids is 2. The SMILES string of the molecule is Cc1nc(CN2CC(=O)NC3(CCCC3)C2=O)sc1C. The van der Waals surface area contributed by atoms with Crippen LogP contribution in [0.4, 0.5) is 0 Å². The number of hydrogen-bond acceptors (Lipinski definition) is 4. The Bertz CT molecular complexity index is 541. The Labute approximate surface area is 122 Å². The first-order valence-corrected chi connectivity index (χ1v) is 7.85. The molecule has 6 heteroatoms. The molecule has 1 aromatic rings. The smallest absolute Gasteiger partial charge is 0.249 e. The van der Waals surface area contributed by atoms with E-state index in [9.17, 15) is 9.59 Å². The molecule has 5 nitrogen and oxygen atoms in total. The van der Waals surface area contributed by atoms with Gasteiger partial charge in [0, 0.05) is 4.88 Å². The van der Waals surface area contributed by atoms with E-state index in [1.54, 1.807) is 16.2 Å². The fourth-order valence-corrected chi connectivity index (χ4v) is 4.07. The standard InChI is InChI=1S/C14H19N3O2S/c1-9-10(2)20-12(15-9)8-17-7-11(18)16-14(13(17)19)5-3-4-6-14/h3-8H2,1-2H3,(H,16,18). The Morgan fingerprint density at radius 1 is 1.30 bits per heavy atom. The molecule has 1 aliphatic heterocycles. The number of piperazine rings is 1. The van der Waals surface area contributed by atoms with Crippen molar-refractivity contribution in [3.8, 4) is 0 Å². The predicted octanol–water partition coefficient (Wildman–Crippen LogP) is 1.53. The Balaban J connectivity index is 1.81. The summed E-state index contributed by atoms with van der Waals surface area (Å²) in [5.41, 5.74) is 0.380. The third kappa shape index (κ3) is 2.22. The molecule has 1 saturated heterocycles. The second-order valence-corrected chi connectivity index (χ2v) is 7.04. The van der Waals surface area contributed by atoms with Crippen LogP contribution >= 0.6 is 11.3 Å². The van der Waals surface area contributed by atoms with E-state index in [0.717, 1.165) is 36.4 Å². The minimum Gasteiger partial charge on any atom is -0.340 e. The topological polar surface area (TPSA) is 62.3 Å². The van der Waals surface area contributed by atoms with Gasteiger partial charge >= 0.3 is 0 Å². The predicted molar refractivity (Wildman–Crippen MR) is 76.3 cm³/mol. The quantitative estimate of drug-likeness (QED) is 0.899. The number of nitrogens with one attached hydrogen (secondary N) is 1. The molecular weight excluding hydrogens is 274 g/mol. The van der Waals surface area contributed by atoms with Gasteiger partial charge in [-0.25, -0.2) is 4.98 Å². The zero-order chi connectivity index (χ0) is 14.3. The molecule has 0 aromatic carbocycles. The van der Waals surface area contributed by atoms with E-state index < -0.39 is 5.54 Å². The van der Waals surface area contributed by atoms with Gasteiger partial charge in [-0.05, 0) is 26.7 Å². The van der Waals surface area contributed by atoms with E-state index in [4.69, 9.17) is 0 Å². The highest BCUT2D eigenvalue weighted by molar-refractivity contribution is 7.11. The molecule has 0 atom stereocenters. The van der Waals surface area contributed by atoms with Gasteiger partial charge in [-0.3, -0.25) is 9.59 Å². The lowest BCUT2D eigenvalue weighted by Gasteiger charge is -2.39. The molecule has 1 spiro atoms. The van der Waals surface area contributed by atoms with Crippen LogP contribution in [-0.4, -0.2) is 33.8 Å². The van der Waals surface area contributed by atoms with E-state index in [1.807, 2.05) is 13.8 Å². The van der Waals surface area contributed by atoms with Crippen molar-refractivity contribution in [1.82, 2.24) is 15.2 Å². The third-order valence-corrected chi connectivity index (χ3v) is 5.32. The van der Waals surface area contributed by atoms with Gasteiger partial charge in [0.15, 0.2) is 0 Å². The molecule has 1 aromatic heterocycles. The molecule has 2 fully saturated rings. The molecule has 1 aliphatic carbocycles. The van der Waals surface area contributed by atoms with Crippen molar-refractivity contribution >= 4 is 23.2 Å². The van der Waals surface area contributed by atoms with Crippen LogP contribution in [0.3, 0.4) is 0 Å². The summed E-state index contributed by atoms with van der Waals surface area (Å²) in [4.78, 5) is 31.9. The lowest BCUT2D eigenvalue weighted by atomic mass is 9.93. The van der Waals surface area contributed by atoms with E-state index in [1.165, 1.54) is 4.88 Å². The largest absolute Gasteiger partial charge is 0.340 e. The van der Waals surface area contributed by atoms with Gasteiger partial charge in [0.05, 0.1) is 12.2 Å². The third-order valence-electron chi connectivity index (χ3n) is 4.27. The van der Waals surface area contributed by atoms with Crippen LogP contribution in [0.5, 0.6) is 0 Å². The highest BCUT2D eigenvalue weighted by Crippen LogP contribution is 2.34. The summed E-state index contributed by atoms with van der Waals surface area (Å²) in [5, 5.41) is 3.84. The van der Waals surface area contributed by atoms with Crippen molar-refractivity contribution in [2.75, 3.05) is 6.54 Å². The average Bonchev–Trinajstić information content (AvgIpc) is 2.95. The zero-order valence-corrected chi connectivity index (χ0v) is 12.7. The maximum absolute atomic E-state index is 12.7. The average molecular weight is 293 g/mol. The second-order valence-electron chi connectivity index (χ2n) is 5.75. The summed E-state index contributed by atoms with van der Waals surface area (Å²) in [6.07, 6.45) is 3.55. The van der Waals surface area contributed by atoms with Crippen molar-refractivity contribution in [3.05, 3.63) is 15.6 Å². The Morgan fingerprint density at radius 3 is 2.60 bits per heavy atom. The van der Waals surface area contributed by atoms with E-state index in [-0.39, 0.29) is 18.4 Å². The first-order chi connectivity index (χ1) is 9.50. The molecule has 3 rings (SSSR count). The fourth-order valence-electron chi connectivity index (χ4n) is 3.12. The Kier molecular flexibility index (Phi) is 3.28. The van der Waals surface area contributed by atoms with Crippen molar-refractivity contribution in [2.24, 2.45) is 0 Å². The zero-order valence-electron chi connectivity index (χ0n) is 11.9. The lowest BCUT2D eigenvalue weighted by Crippen LogP contribution is -2.65. The van der Waals surface area contributed by atoms with Crippen molar-refractivity contribution in [2.45, 2.75) is 51.6 Å². The van der Waals surface area contributed by atoms with Gasteiger partial charge in [-0.1, -0.05) is 12.8 Å². The van der Waals surface area contributed by atoms with Crippen LogP contribution in [0.15, 0.2) is 0 Å². The van der Waals surface area contributed by atoms with Crippen LogP contribution in [0.25, 0.3) is 0 Å². The van der Waals surface area contributed by atoms with Gasteiger partial charge in [0.2, 0.25) is 11.8 Å². The maximum atomic E-state index is 12.7. The minimum absolute atomic E-state index is 0.0449. The minimum atomic E-state index is -0.628. The van der Waals surface area contributed by atoms with Crippen LogP contribution in [-0.2, 0) is 16.1 Å². The van der Waals surface area contributed by atoms with Gasteiger partial charge in [-0.2, -0.15) is 0 Å². The monoisotopic (exact) mass is 293 g/mol. The lowest BCUT2D eigenvalue weighted by molar-refractivity contribution is -0.150. The van der Waals surface area contributed by atoms with Crippen LogP contribution in [0.1, 0.15) is 41.3 Å². The van der Waals surface area contributed by atoms with E-state index in [2.05, 4.69) is 10.3 Å². The molecule has 1 saturated carbocycles. The molecule has 0 radical (unpaired) electrons. The molecule has 20 heavy (non-hydrogen) atoms. The number of rotatable bonds is 2. The number of amides is 2. The van der Waals surface area contributed by atoms with E-state index in [0.29, 0.717) is 6.54 Å². The number of carbonyl (C=O) groups is 2. The molecule has 2 heterocycles. The number of thiazole rings is 1. The first-order valence-electron chi connectivity index (χ1n) is 7.03. The van der Waals surface area contributed by atoms with E-state index >= 15 is 0 Å². The van der Waals surface area contributed by atoms with Crippen molar-refractivity contribution in [1.29, 1.82) is 0 Å². The highest BCUT2D eigenvalue weighted by Gasteiger charge is 2.48. The molecule has 108 valence electrons. The molecule has 0 unspecified atom stereocenters. The Hall–Kier alpha value is -1.43. The van der Waals surface area contributed by atoms with Gasteiger partial charge < -0.3 is 10.2 Å². The summed E-state index contributed by atoms with van der Waals surface area (Å²) < 4.78 is 0. The normalized spacial score (nSPS) is 21.6. The molecule has 2 aliphatic rings. The summed E-state index contributed by atoms with van der Waals surface area (Å²) in [6, 6.07) is 0. The summed E-state index contributed by atoms with van der Waals surface area (Å²) in [5.74, 6) is 0.0246. The summed E-state index contributed by atoms with van der Waals surface area (Å²) in [7, 11) is 0. The maximum Gasteiger partial charge on any atom is 0.249 e. The molecule has 1 N–H and O–H groups in total. The molecule has 2 amide bonds. The van der Waals surface area contributed by atoms with Gasteiger partial charge in [0.1, 0.15) is 17.1 Å². The Morgan fingerprint density at radius 2 is 2.00 bits per heavy atom. The molecule has 0 bridgehead atoms. The van der Waals surface area contributed by atoms with Gasteiger partial charge in [0.25, 0.3) is 0 Å². The number of hydrogen-bond donors (Lipinski definition) is 1. The summed E-state index contributed by atoms with van der Waals surface area (Å²) in [6.45, 7) is 4.60. The van der Waals surface area contributed by atoms with Crippen LogP contribution in [0, 0.1) is 13.8 Å². The van der Waals surface area contributed by atoms with Crippen molar-refractivity contribution in [3.63, 3.8) is 0 Å². The number of nitrogens with zero attached hydrogens (tertiary/aromatic N) is 2. The highest BCUT2D eigenvalue weighted by atomic mass is 32.1.